The lowest BCUT2D eigenvalue weighted by molar-refractivity contribution is -0.116. The van der Waals surface area contributed by atoms with Gasteiger partial charge in [-0.05, 0) is 17.2 Å². The van der Waals surface area contributed by atoms with Crippen LogP contribution in [-0.2, 0) is 17.6 Å². The molecule has 1 heterocycles. The first-order valence-electron chi connectivity index (χ1n) is 9.61. The fourth-order valence-electron chi connectivity index (χ4n) is 3.40. The van der Waals surface area contributed by atoms with Crippen molar-refractivity contribution in [3.63, 3.8) is 0 Å². The molecule has 0 saturated carbocycles. The van der Waals surface area contributed by atoms with Gasteiger partial charge in [-0.2, -0.15) is 0 Å². The summed E-state index contributed by atoms with van der Waals surface area (Å²) in [5.41, 5.74) is 5.89. The van der Waals surface area contributed by atoms with Gasteiger partial charge < -0.3 is 0 Å². The zero-order valence-electron chi connectivity index (χ0n) is 16.1. The molecule has 4 aromatic rings. The predicted molar refractivity (Wildman–Crippen MR) is 115 cm³/mol. The molecule has 5 heteroatoms. The molecule has 0 saturated heterocycles. The second-order valence-corrected chi connectivity index (χ2v) is 6.79. The molecule has 0 aliphatic carbocycles. The number of para-hydroxylation sites is 1. The zero-order valence-corrected chi connectivity index (χ0v) is 16.1. The third kappa shape index (κ3) is 3.80. The van der Waals surface area contributed by atoms with Gasteiger partial charge in [0.2, 0.25) is 5.91 Å². The summed E-state index contributed by atoms with van der Waals surface area (Å²) < 4.78 is 1.28. The first-order chi connectivity index (χ1) is 14.2. The van der Waals surface area contributed by atoms with Gasteiger partial charge in [0.05, 0.1) is 17.3 Å². The molecule has 0 radical (unpaired) electrons. The third-order valence-corrected chi connectivity index (χ3v) is 4.81. The molecule has 1 aromatic heterocycles. The first-order valence-corrected chi connectivity index (χ1v) is 9.61. The van der Waals surface area contributed by atoms with Crippen LogP contribution in [0.15, 0.2) is 83.7 Å². The molecule has 5 nitrogen and oxygen atoms in total. The molecule has 0 atom stereocenters. The van der Waals surface area contributed by atoms with Crippen LogP contribution in [0, 0.1) is 0 Å². The van der Waals surface area contributed by atoms with Crippen LogP contribution in [0.5, 0.6) is 0 Å². The van der Waals surface area contributed by atoms with Gasteiger partial charge in [-0.15, -0.1) is 0 Å². The van der Waals surface area contributed by atoms with Gasteiger partial charge in [-0.1, -0.05) is 79.7 Å². The van der Waals surface area contributed by atoms with Crippen LogP contribution in [0.1, 0.15) is 18.3 Å². The summed E-state index contributed by atoms with van der Waals surface area (Å²) in [6, 6.07) is 24.8. The Bertz CT molecular complexity index is 1220. The van der Waals surface area contributed by atoms with Gasteiger partial charge in [-0.3, -0.25) is 15.0 Å². The van der Waals surface area contributed by atoms with Crippen molar-refractivity contribution in [3.05, 3.63) is 101 Å². The minimum absolute atomic E-state index is 0.193. The Balaban J connectivity index is 1.77. The van der Waals surface area contributed by atoms with E-state index in [0.717, 1.165) is 16.7 Å². The van der Waals surface area contributed by atoms with E-state index in [1.54, 1.807) is 6.07 Å². The fraction of sp³-hybridized carbons (Fsp3) is 0.125. The number of benzene rings is 3. The predicted octanol–water partition coefficient (Wildman–Crippen LogP) is 3.94. The van der Waals surface area contributed by atoms with E-state index in [9.17, 15) is 9.59 Å². The van der Waals surface area contributed by atoms with E-state index in [-0.39, 0.29) is 17.9 Å². The largest absolute Gasteiger partial charge is 0.280 e. The van der Waals surface area contributed by atoms with Crippen LogP contribution in [0.25, 0.3) is 22.0 Å². The number of aryl methyl sites for hydroxylation is 1. The summed E-state index contributed by atoms with van der Waals surface area (Å²) >= 11 is 0. The molecule has 1 N–H and O–H groups in total. The van der Waals surface area contributed by atoms with Crippen LogP contribution in [-0.4, -0.2) is 15.6 Å². The summed E-state index contributed by atoms with van der Waals surface area (Å²) in [4.78, 5) is 30.5. The minimum Gasteiger partial charge on any atom is -0.273 e. The first kappa shape index (κ1) is 18.6. The fourth-order valence-corrected chi connectivity index (χ4v) is 3.40. The minimum atomic E-state index is -0.272. The van der Waals surface area contributed by atoms with Crippen LogP contribution < -0.4 is 11.0 Å². The molecule has 144 valence electrons. The Kier molecular flexibility index (Phi) is 5.20. The Morgan fingerprint density at radius 2 is 1.62 bits per heavy atom. The molecule has 0 aliphatic heterocycles. The number of fused-ring (bicyclic) bond motifs is 1. The average Bonchev–Trinajstić information content (AvgIpc) is 2.76. The highest BCUT2D eigenvalue weighted by Gasteiger charge is 2.15. The highest BCUT2D eigenvalue weighted by molar-refractivity contribution is 5.93. The van der Waals surface area contributed by atoms with Gasteiger partial charge in [0.25, 0.3) is 5.56 Å². The second-order valence-electron chi connectivity index (χ2n) is 6.79. The van der Waals surface area contributed by atoms with Crippen LogP contribution >= 0.6 is 0 Å². The Morgan fingerprint density at radius 1 is 0.931 bits per heavy atom. The number of carbonyl (C=O) groups excluding carboxylic acids is 1. The molecule has 4 rings (SSSR count). The second kappa shape index (κ2) is 8.10. The number of amides is 1. The topological polar surface area (TPSA) is 64.0 Å². The molecule has 0 unspecified atom stereocenters. The summed E-state index contributed by atoms with van der Waals surface area (Å²) in [5, 5.41) is 0.476. The Hall–Kier alpha value is -3.73. The lowest BCUT2D eigenvalue weighted by Crippen LogP contribution is -2.37. The van der Waals surface area contributed by atoms with E-state index in [1.165, 1.54) is 4.68 Å². The monoisotopic (exact) mass is 383 g/mol. The molecule has 0 bridgehead atoms. The molecule has 1 amide bonds. The lowest BCUT2D eigenvalue weighted by Gasteiger charge is -2.15. The summed E-state index contributed by atoms with van der Waals surface area (Å²) in [7, 11) is 0. The molecular weight excluding hydrogens is 362 g/mol. The van der Waals surface area contributed by atoms with E-state index in [0.29, 0.717) is 23.1 Å². The summed E-state index contributed by atoms with van der Waals surface area (Å²) in [6.45, 7) is 1.92. The van der Waals surface area contributed by atoms with Crippen molar-refractivity contribution in [1.82, 2.24) is 9.66 Å². The van der Waals surface area contributed by atoms with Crippen molar-refractivity contribution in [3.8, 4) is 11.1 Å². The van der Waals surface area contributed by atoms with Gasteiger partial charge in [0, 0.05) is 12.0 Å². The summed E-state index contributed by atoms with van der Waals surface area (Å²) in [5.74, 6) is 0.264. The maximum Gasteiger partial charge on any atom is 0.280 e. The van der Waals surface area contributed by atoms with Crippen molar-refractivity contribution < 1.29 is 4.79 Å². The van der Waals surface area contributed by atoms with Crippen molar-refractivity contribution in [2.24, 2.45) is 0 Å². The Labute approximate surface area is 168 Å². The normalized spacial score (nSPS) is 10.8. The number of nitrogens with zero attached hydrogens (tertiary/aromatic N) is 2. The number of hydrogen-bond acceptors (Lipinski definition) is 3. The van der Waals surface area contributed by atoms with Gasteiger partial charge in [-0.25, -0.2) is 9.66 Å². The van der Waals surface area contributed by atoms with E-state index in [2.05, 4.69) is 5.43 Å². The van der Waals surface area contributed by atoms with Gasteiger partial charge in [0.1, 0.15) is 5.82 Å². The highest BCUT2D eigenvalue weighted by atomic mass is 16.2. The third-order valence-electron chi connectivity index (χ3n) is 4.81. The number of rotatable bonds is 5. The molecule has 0 fully saturated rings. The lowest BCUT2D eigenvalue weighted by atomic mass is 10.0. The number of carbonyl (C=O) groups is 1. The number of aromatic nitrogens is 2. The van der Waals surface area contributed by atoms with Crippen molar-refractivity contribution in [2.45, 2.75) is 19.8 Å². The molecule has 3 aromatic carbocycles. The zero-order chi connectivity index (χ0) is 20.2. The van der Waals surface area contributed by atoms with E-state index >= 15 is 0 Å². The maximum atomic E-state index is 13.2. The maximum absolute atomic E-state index is 13.2. The number of hydrogen-bond donors (Lipinski definition) is 1. The smallest absolute Gasteiger partial charge is 0.273 e. The summed E-state index contributed by atoms with van der Waals surface area (Å²) in [6.07, 6.45) is 0.707. The molecule has 29 heavy (non-hydrogen) atoms. The van der Waals surface area contributed by atoms with Crippen LogP contribution in [0.3, 0.4) is 0 Å². The standard InChI is InChI=1S/C24H21N3O2/c1-2-21-25-23-19(18-12-7-4-8-13-18)14-9-15-20(23)24(29)27(21)26-22(28)16-17-10-5-3-6-11-17/h3-15H,2,16H2,1H3,(H,26,28). The van der Waals surface area contributed by atoms with E-state index in [1.807, 2.05) is 79.7 Å². The quantitative estimate of drug-likeness (QED) is 0.568. The van der Waals surface area contributed by atoms with Crippen molar-refractivity contribution >= 4 is 16.8 Å². The Morgan fingerprint density at radius 3 is 2.31 bits per heavy atom. The highest BCUT2D eigenvalue weighted by Crippen LogP contribution is 2.25. The number of nitrogens with one attached hydrogen (secondary N) is 1. The van der Waals surface area contributed by atoms with E-state index < -0.39 is 0 Å². The average molecular weight is 383 g/mol. The van der Waals surface area contributed by atoms with Crippen LogP contribution in [0.4, 0.5) is 0 Å². The van der Waals surface area contributed by atoms with Gasteiger partial charge in [0.15, 0.2) is 0 Å². The SMILES string of the molecule is CCc1nc2c(-c3ccccc3)cccc2c(=O)n1NC(=O)Cc1ccccc1. The molecule has 0 spiro atoms. The van der Waals surface area contributed by atoms with Crippen molar-refractivity contribution in [1.29, 1.82) is 0 Å². The van der Waals surface area contributed by atoms with Crippen LogP contribution in [0.2, 0.25) is 0 Å². The van der Waals surface area contributed by atoms with Crippen molar-refractivity contribution in [2.75, 3.05) is 5.43 Å². The van der Waals surface area contributed by atoms with Gasteiger partial charge >= 0.3 is 0 Å². The molecular formula is C24H21N3O2. The van der Waals surface area contributed by atoms with E-state index in [4.69, 9.17) is 4.98 Å². The molecule has 0 aliphatic rings.